The maximum absolute atomic E-state index is 4.38. The van der Waals surface area contributed by atoms with Gasteiger partial charge < -0.3 is 5.32 Å². The van der Waals surface area contributed by atoms with E-state index >= 15 is 0 Å². The van der Waals surface area contributed by atoms with E-state index in [4.69, 9.17) is 0 Å². The highest BCUT2D eigenvalue weighted by Crippen LogP contribution is 2.25. The molecule has 2 heteroatoms. The fourth-order valence-corrected chi connectivity index (χ4v) is 2.29. The molecule has 0 aliphatic carbocycles. The second kappa shape index (κ2) is 5.11. The molecule has 94 valence electrons. The van der Waals surface area contributed by atoms with Crippen molar-refractivity contribution in [2.24, 2.45) is 0 Å². The van der Waals surface area contributed by atoms with Crippen LogP contribution in [0, 0.1) is 0 Å². The molecule has 0 amide bonds. The van der Waals surface area contributed by atoms with Crippen LogP contribution in [0.5, 0.6) is 0 Å². The Morgan fingerprint density at radius 1 is 0.895 bits per heavy atom. The van der Waals surface area contributed by atoms with Gasteiger partial charge in [-0.1, -0.05) is 36.4 Å². The number of fused-ring (bicyclic) bond motifs is 1. The first kappa shape index (κ1) is 11.7. The maximum Gasteiger partial charge on any atom is 0.0722 e. The lowest BCUT2D eigenvalue weighted by Crippen LogP contribution is -2.06. The summed E-state index contributed by atoms with van der Waals surface area (Å²) in [7, 11) is 0. The van der Waals surface area contributed by atoms with Crippen LogP contribution in [0.2, 0.25) is 0 Å². The van der Waals surface area contributed by atoms with Crippen molar-refractivity contribution in [2.75, 3.05) is 5.32 Å². The number of hydrogen-bond donors (Lipinski definition) is 1. The second-order valence-electron chi connectivity index (χ2n) is 4.65. The lowest BCUT2D eigenvalue weighted by molar-refractivity contribution is 0.887. The van der Waals surface area contributed by atoms with Gasteiger partial charge >= 0.3 is 0 Å². The Morgan fingerprint density at radius 3 is 2.58 bits per heavy atom. The van der Waals surface area contributed by atoms with Gasteiger partial charge in [0.25, 0.3) is 0 Å². The molecule has 0 aliphatic heterocycles. The highest BCUT2D eigenvalue weighted by atomic mass is 14.9. The van der Waals surface area contributed by atoms with Gasteiger partial charge in [-0.25, -0.2) is 0 Å². The predicted octanol–water partition coefficient (Wildman–Crippen LogP) is 4.41. The summed E-state index contributed by atoms with van der Waals surface area (Å²) in [5.41, 5.74) is 3.43. The van der Waals surface area contributed by atoms with Gasteiger partial charge in [0.15, 0.2) is 0 Å². The highest BCUT2D eigenvalue weighted by Gasteiger charge is 2.07. The molecule has 0 aliphatic rings. The van der Waals surface area contributed by atoms with Crippen LogP contribution in [0.25, 0.3) is 10.9 Å². The summed E-state index contributed by atoms with van der Waals surface area (Å²) >= 11 is 0. The number of hydrogen-bond acceptors (Lipinski definition) is 2. The molecule has 0 spiro atoms. The van der Waals surface area contributed by atoms with Crippen molar-refractivity contribution in [1.82, 2.24) is 4.98 Å². The zero-order valence-corrected chi connectivity index (χ0v) is 10.9. The maximum atomic E-state index is 4.38. The molecule has 0 bridgehead atoms. The summed E-state index contributed by atoms with van der Waals surface area (Å²) < 4.78 is 0. The quantitative estimate of drug-likeness (QED) is 0.742. The van der Waals surface area contributed by atoms with Crippen LogP contribution in [0.1, 0.15) is 18.5 Å². The molecule has 1 atom stereocenters. The van der Waals surface area contributed by atoms with Crippen molar-refractivity contribution in [3.63, 3.8) is 0 Å². The Morgan fingerprint density at radius 2 is 1.74 bits per heavy atom. The van der Waals surface area contributed by atoms with E-state index < -0.39 is 0 Å². The van der Waals surface area contributed by atoms with E-state index in [0.29, 0.717) is 0 Å². The van der Waals surface area contributed by atoms with Gasteiger partial charge in [0.05, 0.1) is 5.52 Å². The molecule has 1 aromatic heterocycles. The summed E-state index contributed by atoms with van der Waals surface area (Å²) in [5.74, 6) is 0. The molecule has 3 aromatic rings. The minimum atomic E-state index is 0.270. The molecule has 0 saturated carbocycles. The molecular weight excluding hydrogens is 232 g/mol. The third-order valence-corrected chi connectivity index (χ3v) is 3.32. The van der Waals surface area contributed by atoms with E-state index in [9.17, 15) is 0 Å². The van der Waals surface area contributed by atoms with Crippen molar-refractivity contribution in [3.05, 3.63) is 72.4 Å². The van der Waals surface area contributed by atoms with Crippen molar-refractivity contribution in [1.29, 1.82) is 0 Å². The average Bonchev–Trinajstić information content (AvgIpc) is 2.48. The monoisotopic (exact) mass is 248 g/mol. The largest absolute Gasteiger partial charge is 0.378 e. The standard InChI is InChI=1S/C17H16N2/c1-13(14-7-3-2-4-8-14)19-17-11-5-10-16-15(17)9-6-12-18-16/h2-13,19H,1H3. The van der Waals surface area contributed by atoms with Crippen LogP contribution >= 0.6 is 0 Å². The summed E-state index contributed by atoms with van der Waals surface area (Å²) in [4.78, 5) is 4.38. The first-order chi connectivity index (χ1) is 9.34. The molecule has 0 saturated heterocycles. The second-order valence-corrected chi connectivity index (χ2v) is 4.65. The first-order valence-corrected chi connectivity index (χ1v) is 6.50. The van der Waals surface area contributed by atoms with Crippen molar-refractivity contribution in [3.8, 4) is 0 Å². The smallest absolute Gasteiger partial charge is 0.0722 e. The lowest BCUT2D eigenvalue weighted by atomic mass is 10.1. The van der Waals surface area contributed by atoms with E-state index in [2.05, 4.69) is 53.6 Å². The van der Waals surface area contributed by atoms with Gasteiger partial charge in [0, 0.05) is 23.3 Å². The van der Waals surface area contributed by atoms with Gasteiger partial charge in [-0.3, -0.25) is 4.98 Å². The summed E-state index contributed by atoms with van der Waals surface area (Å²) in [6, 6.07) is 21.0. The van der Waals surface area contributed by atoms with E-state index in [0.717, 1.165) is 16.6 Å². The molecular formula is C17H16N2. The Balaban J connectivity index is 1.94. The van der Waals surface area contributed by atoms with Crippen LogP contribution in [-0.2, 0) is 0 Å². The van der Waals surface area contributed by atoms with Crippen LogP contribution in [0.4, 0.5) is 5.69 Å². The molecule has 1 unspecified atom stereocenters. The third kappa shape index (κ3) is 2.43. The minimum Gasteiger partial charge on any atom is -0.378 e. The van der Waals surface area contributed by atoms with Crippen molar-refractivity contribution >= 4 is 16.6 Å². The highest BCUT2D eigenvalue weighted by molar-refractivity contribution is 5.91. The van der Waals surface area contributed by atoms with E-state index in [1.165, 1.54) is 5.56 Å². The third-order valence-electron chi connectivity index (χ3n) is 3.32. The summed E-state index contributed by atoms with van der Waals surface area (Å²) in [5, 5.41) is 4.72. The number of benzene rings is 2. The molecule has 19 heavy (non-hydrogen) atoms. The molecule has 3 rings (SSSR count). The van der Waals surface area contributed by atoms with Gasteiger partial charge in [0.2, 0.25) is 0 Å². The Bertz CT molecular complexity index is 672. The number of rotatable bonds is 3. The normalized spacial score (nSPS) is 12.3. The number of nitrogens with one attached hydrogen (secondary N) is 1. The van der Waals surface area contributed by atoms with Crippen LogP contribution in [-0.4, -0.2) is 4.98 Å². The summed E-state index contributed by atoms with van der Waals surface area (Å²) in [6.45, 7) is 2.17. The molecule has 0 radical (unpaired) electrons. The van der Waals surface area contributed by atoms with Crippen LogP contribution in [0.3, 0.4) is 0 Å². The van der Waals surface area contributed by atoms with E-state index in [1.807, 2.05) is 30.5 Å². The van der Waals surface area contributed by atoms with Gasteiger partial charge in [-0.2, -0.15) is 0 Å². The molecule has 2 nitrogen and oxygen atoms in total. The Labute approximate surface area is 113 Å². The molecule has 2 aromatic carbocycles. The minimum absolute atomic E-state index is 0.270. The zero-order chi connectivity index (χ0) is 13.1. The van der Waals surface area contributed by atoms with Crippen molar-refractivity contribution < 1.29 is 0 Å². The molecule has 1 N–H and O–H groups in total. The van der Waals surface area contributed by atoms with Gasteiger partial charge in [-0.05, 0) is 36.8 Å². The fraction of sp³-hybridized carbons (Fsp3) is 0.118. The summed E-state index contributed by atoms with van der Waals surface area (Å²) in [6.07, 6.45) is 1.83. The Kier molecular flexibility index (Phi) is 3.15. The fourth-order valence-electron chi connectivity index (χ4n) is 2.29. The number of anilines is 1. The number of pyridine rings is 1. The number of aromatic nitrogens is 1. The zero-order valence-electron chi connectivity index (χ0n) is 10.9. The van der Waals surface area contributed by atoms with E-state index in [1.54, 1.807) is 0 Å². The topological polar surface area (TPSA) is 24.9 Å². The van der Waals surface area contributed by atoms with Crippen LogP contribution in [0.15, 0.2) is 66.9 Å². The van der Waals surface area contributed by atoms with Crippen molar-refractivity contribution in [2.45, 2.75) is 13.0 Å². The Hall–Kier alpha value is -2.35. The van der Waals surface area contributed by atoms with Gasteiger partial charge in [0.1, 0.15) is 0 Å². The van der Waals surface area contributed by atoms with Gasteiger partial charge in [-0.15, -0.1) is 0 Å². The molecule has 0 fully saturated rings. The van der Waals surface area contributed by atoms with Crippen LogP contribution < -0.4 is 5.32 Å². The van der Waals surface area contributed by atoms with E-state index in [-0.39, 0.29) is 6.04 Å². The first-order valence-electron chi connectivity index (χ1n) is 6.50. The SMILES string of the molecule is CC(Nc1cccc2ncccc12)c1ccccc1. The number of nitrogens with zero attached hydrogens (tertiary/aromatic N) is 1. The average molecular weight is 248 g/mol. The predicted molar refractivity (Wildman–Crippen MR) is 80.2 cm³/mol. The lowest BCUT2D eigenvalue weighted by Gasteiger charge is -2.17. The molecule has 1 heterocycles.